The molecule has 1 aromatic heterocycles. The van der Waals surface area contributed by atoms with E-state index in [2.05, 4.69) is 32.8 Å². The second kappa shape index (κ2) is 7.29. The van der Waals surface area contributed by atoms with Gasteiger partial charge in [0.2, 0.25) is 0 Å². The molecular weight excluding hydrogens is 305 g/mol. The largest absolute Gasteiger partial charge is 0.353 e. The summed E-state index contributed by atoms with van der Waals surface area (Å²) >= 11 is 0. The Morgan fingerprint density at radius 2 is 2.17 bits per heavy atom. The van der Waals surface area contributed by atoms with E-state index in [0.29, 0.717) is 18.3 Å². The molecular formula is C18H22FN5. The van der Waals surface area contributed by atoms with Crippen LogP contribution in [0, 0.1) is 12.7 Å². The summed E-state index contributed by atoms with van der Waals surface area (Å²) in [4.78, 5) is 8.35. The van der Waals surface area contributed by atoms with Gasteiger partial charge in [-0.05, 0) is 37.5 Å². The fraction of sp³-hybridized carbons (Fsp3) is 0.333. The van der Waals surface area contributed by atoms with Crippen molar-refractivity contribution in [3.05, 3.63) is 59.9 Å². The molecule has 2 N–H and O–H groups in total. The van der Waals surface area contributed by atoms with Gasteiger partial charge in [0.25, 0.3) is 0 Å². The van der Waals surface area contributed by atoms with E-state index < -0.39 is 0 Å². The van der Waals surface area contributed by atoms with Gasteiger partial charge in [-0.2, -0.15) is 0 Å². The summed E-state index contributed by atoms with van der Waals surface area (Å²) < 4.78 is 16.1. The third-order valence-corrected chi connectivity index (χ3v) is 4.13. The first kappa shape index (κ1) is 16.2. The van der Waals surface area contributed by atoms with E-state index in [-0.39, 0.29) is 5.82 Å². The number of aryl methyl sites for hydroxylation is 1. The number of benzene rings is 1. The van der Waals surface area contributed by atoms with Gasteiger partial charge in [-0.15, -0.1) is 0 Å². The highest BCUT2D eigenvalue weighted by atomic mass is 19.1. The van der Waals surface area contributed by atoms with Crippen LogP contribution in [-0.2, 0) is 6.54 Å². The Morgan fingerprint density at radius 3 is 2.79 bits per heavy atom. The van der Waals surface area contributed by atoms with Gasteiger partial charge < -0.3 is 15.2 Å². The molecule has 24 heavy (non-hydrogen) atoms. The van der Waals surface area contributed by atoms with Gasteiger partial charge in [-0.1, -0.05) is 18.2 Å². The summed E-state index contributed by atoms with van der Waals surface area (Å²) in [5, 5.41) is 6.59. The summed E-state index contributed by atoms with van der Waals surface area (Å²) in [5.41, 5.74) is 1.37. The van der Waals surface area contributed by atoms with Gasteiger partial charge in [0.15, 0.2) is 5.96 Å². The Labute approximate surface area is 141 Å². The van der Waals surface area contributed by atoms with Crippen molar-refractivity contribution >= 4 is 5.96 Å². The number of nitrogens with zero attached hydrogens (tertiary/aromatic N) is 3. The minimum Gasteiger partial charge on any atom is -0.353 e. The van der Waals surface area contributed by atoms with Crippen LogP contribution in [0.2, 0.25) is 0 Å². The molecule has 0 unspecified atom stereocenters. The maximum Gasteiger partial charge on any atom is 0.191 e. The van der Waals surface area contributed by atoms with Crippen LogP contribution >= 0.6 is 0 Å². The maximum absolute atomic E-state index is 14.4. The molecule has 1 heterocycles. The first-order chi connectivity index (χ1) is 11.7. The Balaban J connectivity index is 1.63. The van der Waals surface area contributed by atoms with Crippen LogP contribution in [0.25, 0.3) is 5.69 Å². The van der Waals surface area contributed by atoms with Crippen LogP contribution in [0.5, 0.6) is 0 Å². The molecule has 3 rings (SSSR count). The third-order valence-electron chi connectivity index (χ3n) is 4.13. The van der Waals surface area contributed by atoms with Gasteiger partial charge in [0.1, 0.15) is 11.6 Å². The zero-order chi connectivity index (χ0) is 16.9. The van der Waals surface area contributed by atoms with E-state index in [9.17, 15) is 4.39 Å². The van der Waals surface area contributed by atoms with Crippen molar-refractivity contribution in [2.24, 2.45) is 4.99 Å². The van der Waals surface area contributed by atoms with Crippen molar-refractivity contribution in [2.45, 2.75) is 32.4 Å². The minimum absolute atomic E-state index is 0.265. The zero-order valence-electron chi connectivity index (χ0n) is 14.0. The van der Waals surface area contributed by atoms with E-state index >= 15 is 0 Å². The number of nitrogens with one attached hydrogen (secondary N) is 2. The van der Waals surface area contributed by atoms with E-state index in [4.69, 9.17) is 0 Å². The molecule has 126 valence electrons. The lowest BCUT2D eigenvalue weighted by Gasteiger charge is -2.17. The second-order valence-corrected chi connectivity index (χ2v) is 5.84. The smallest absolute Gasteiger partial charge is 0.191 e. The number of aliphatic imine (C=N–C) groups is 1. The number of halogens is 1. The molecule has 0 radical (unpaired) electrons. The summed E-state index contributed by atoms with van der Waals surface area (Å²) in [6.45, 7) is 2.36. The molecule has 6 heteroatoms. The van der Waals surface area contributed by atoms with Crippen LogP contribution < -0.4 is 10.6 Å². The van der Waals surface area contributed by atoms with Crippen molar-refractivity contribution in [3.8, 4) is 5.69 Å². The zero-order valence-corrected chi connectivity index (χ0v) is 14.0. The quantitative estimate of drug-likeness (QED) is 0.516. The first-order valence-corrected chi connectivity index (χ1v) is 8.08. The topological polar surface area (TPSA) is 54.2 Å². The van der Waals surface area contributed by atoms with Crippen LogP contribution in [-0.4, -0.2) is 28.6 Å². The molecule has 2 aromatic rings. The highest BCUT2D eigenvalue weighted by Gasteiger charge is 2.12. The standard InChI is InChI=1S/C18H22FN5/c1-13-21-9-10-24(13)17-8-7-14(11-16(17)19)12-22-18(20-2)23-15-5-3-4-6-15/h3-4,7-11,15H,5-6,12H2,1-2H3,(H2,20,22,23). The molecule has 0 atom stereocenters. The van der Waals surface area contributed by atoms with Gasteiger partial charge in [-0.3, -0.25) is 4.99 Å². The van der Waals surface area contributed by atoms with Gasteiger partial charge in [0, 0.05) is 32.0 Å². The second-order valence-electron chi connectivity index (χ2n) is 5.84. The number of hydrogen-bond acceptors (Lipinski definition) is 2. The molecule has 1 aromatic carbocycles. The minimum atomic E-state index is -0.265. The monoisotopic (exact) mass is 327 g/mol. The molecule has 0 amide bonds. The maximum atomic E-state index is 14.4. The lowest BCUT2D eigenvalue weighted by molar-refractivity contribution is 0.611. The van der Waals surface area contributed by atoms with Crippen molar-refractivity contribution in [2.75, 3.05) is 7.05 Å². The van der Waals surface area contributed by atoms with Crippen LogP contribution in [0.15, 0.2) is 47.7 Å². The summed E-state index contributed by atoms with van der Waals surface area (Å²) in [5.74, 6) is 1.23. The van der Waals surface area contributed by atoms with Crippen LogP contribution in [0.1, 0.15) is 24.2 Å². The molecule has 1 aliphatic carbocycles. The molecule has 0 bridgehead atoms. The number of guanidine groups is 1. The van der Waals surface area contributed by atoms with E-state index in [1.807, 2.05) is 13.0 Å². The summed E-state index contributed by atoms with van der Waals surface area (Å²) in [6.07, 6.45) is 9.77. The van der Waals surface area contributed by atoms with Gasteiger partial charge >= 0.3 is 0 Å². The first-order valence-electron chi connectivity index (χ1n) is 8.08. The predicted molar refractivity (Wildman–Crippen MR) is 93.8 cm³/mol. The average Bonchev–Trinajstić information content (AvgIpc) is 3.23. The van der Waals surface area contributed by atoms with Crippen molar-refractivity contribution in [1.29, 1.82) is 0 Å². The number of imidazole rings is 1. The molecule has 0 aliphatic heterocycles. The Morgan fingerprint density at radius 1 is 1.38 bits per heavy atom. The molecule has 0 fully saturated rings. The van der Waals surface area contributed by atoms with Crippen molar-refractivity contribution < 1.29 is 4.39 Å². The Bertz CT molecular complexity index is 755. The Hall–Kier alpha value is -2.63. The SMILES string of the molecule is CN=C(NCc1ccc(-n2ccnc2C)c(F)c1)NC1CC=CC1. The molecule has 0 saturated carbocycles. The molecule has 0 spiro atoms. The molecule has 0 saturated heterocycles. The van der Waals surface area contributed by atoms with Crippen molar-refractivity contribution in [3.63, 3.8) is 0 Å². The van der Waals surface area contributed by atoms with E-state index in [0.717, 1.165) is 30.2 Å². The van der Waals surface area contributed by atoms with Crippen molar-refractivity contribution in [1.82, 2.24) is 20.2 Å². The highest BCUT2D eigenvalue weighted by Crippen LogP contribution is 2.16. The fourth-order valence-electron chi connectivity index (χ4n) is 2.80. The van der Waals surface area contributed by atoms with Crippen LogP contribution in [0.3, 0.4) is 0 Å². The number of aromatic nitrogens is 2. The van der Waals surface area contributed by atoms with Gasteiger partial charge in [0.05, 0.1) is 5.69 Å². The average molecular weight is 327 g/mol. The number of hydrogen-bond donors (Lipinski definition) is 2. The number of rotatable bonds is 4. The highest BCUT2D eigenvalue weighted by molar-refractivity contribution is 5.80. The lowest BCUT2D eigenvalue weighted by Crippen LogP contribution is -2.42. The summed E-state index contributed by atoms with van der Waals surface area (Å²) in [7, 11) is 1.74. The normalized spacial score (nSPS) is 15.0. The van der Waals surface area contributed by atoms with E-state index in [1.165, 1.54) is 0 Å². The lowest BCUT2D eigenvalue weighted by atomic mass is 10.2. The van der Waals surface area contributed by atoms with Gasteiger partial charge in [-0.25, -0.2) is 9.37 Å². The van der Waals surface area contributed by atoms with E-state index in [1.54, 1.807) is 36.1 Å². The third kappa shape index (κ3) is 3.64. The Kier molecular flexibility index (Phi) is 4.93. The summed E-state index contributed by atoms with van der Waals surface area (Å²) in [6, 6.07) is 5.62. The fourth-order valence-corrected chi connectivity index (χ4v) is 2.80. The predicted octanol–water partition coefficient (Wildman–Crippen LogP) is 2.70. The molecule has 5 nitrogen and oxygen atoms in total. The van der Waals surface area contributed by atoms with Crippen LogP contribution in [0.4, 0.5) is 4.39 Å². The molecule has 1 aliphatic rings.